The number of ether oxygens (including phenoxy) is 4. The van der Waals surface area contributed by atoms with Gasteiger partial charge in [-0.25, -0.2) is 15.0 Å². The van der Waals surface area contributed by atoms with E-state index in [2.05, 4.69) is 42.3 Å². The van der Waals surface area contributed by atoms with Crippen LogP contribution in [0, 0.1) is 0 Å². The number of aromatic nitrogens is 4. The van der Waals surface area contributed by atoms with E-state index in [9.17, 15) is 0 Å². The summed E-state index contributed by atoms with van der Waals surface area (Å²) in [5, 5.41) is 3.47. The average Bonchev–Trinajstić information content (AvgIpc) is 3.44. The molecule has 0 radical (unpaired) electrons. The molecule has 10 heteroatoms. The van der Waals surface area contributed by atoms with Gasteiger partial charge in [-0.05, 0) is 31.7 Å². The number of anilines is 2. The van der Waals surface area contributed by atoms with E-state index >= 15 is 0 Å². The summed E-state index contributed by atoms with van der Waals surface area (Å²) in [4.78, 5) is 20.3. The third kappa shape index (κ3) is 5.44. The Bertz CT molecular complexity index is 1140. The summed E-state index contributed by atoms with van der Waals surface area (Å²) in [6, 6.07) is 4.53. The fourth-order valence-electron chi connectivity index (χ4n) is 5.06. The zero-order valence-corrected chi connectivity index (χ0v) is 20.3. The van der Waals surface area contributed by atoms with Crippen LogP contribution in [0.2, 0.25) is 0 Å². The average molecular weight is 493 g/mol. The molecule has 1 aromatic carbocycles. The molecule has 1 atom stereocenters. The Hall–Kier alpha value is -3.24. The van der Waals surface area contributed by atoms with Crippen LogP contribution in [-0.4, -0.2) is 77.7 Å². The number of nitrogens with one attached hydrogen (secondary N) is 1. The Balaban J connectivity index is 1.06. The fourth-order valence-corrected chi connectivity index (χ4v) is 5.06. The lowest BCUT2D eigenvalue weighted by molar-refractivity contribution is 0.122. The number of hydrogen-bond acceptors (Lipinski definition) is 10. The summed E-state index contributed by atoms with van der Waals surface area (Å²) >= 11 is 0. The molecule has 190 valence electrons. The molecule has 1 saturated carbocycles. The molecule has 0 spiro atoms. The van der Waals surface area contributed by atoms with E-state index in [1.165, 1.54) is 0 Å². The molecular formula is C26H32N6O4. The van der Waals surface area contributed by atoms with Crippen LogP contribution in [0.3, 0.4) is 0 Å². The second-order valence-corrected chi connectivity index (χ2v) is 9.55. The molecule has 3 aliphatic rings. The van der Waals surface area contributed by atoms with Crippen molar-refractivity contribution in [2.24, 2.45) is 0 Å². The number of rotatable bonds is 7. The van der Waals surface area contributed by atoms with E-state index in [0.717, 1.165) is 87.5 Å². The van der Waals surface area contributed by atoms with Crippen molar-refractivity contribution in [3.8, 4) is 11.5 Å². The smallest absolute Gasteiger partial charge is 0.223 e. The van der Waals surface area contributed by atoms with Crippen molar-refractivity contribution in [1.29, 1.82) is 0 Å². The van der Waals surface area contributed by atoms with Crippen LogP contribution in [0.5, 0.6) is 11.5 Å². The van der Waals surface area contributed by atoms with E-state index < -0.39 is 0 Å². The summed E-state index contributed by atoms with van der Waals surface area (Å²) in [6.45, 7) is 4.59. The summed E-state index contributed by atoms with van der Waals surface area (Å²) in [5.74, 6) is 2.13. The van der Waals surface area contributed by atoms with Gasteiger partial charge in [0.2, 0.25) is 5.95 Å². The first-order chi connectivity index (χ1) is 17.8. The van der Waals surface area contributed by atoms with Crippen LogP contribution < -0.4 is 19.7 Å². The van der Waals surface area contributed by atoms with Crippen molar-refractivity contribution in [2.45, 2.75) is 50.4 Å². The van der Waals surface area contributed by atoms with Crippen molar-refractivity contribution in [2.75, 3.05) is 49.7 Å². The van der Waals surface area contributed by atoms with Gasteiger partial charge in [-0.3, -0.25) is 4.98 Å². The largest absolute Gasteiger partial charge is 0.488 e. The highest BCUT2D eigenvalue weighted by atomic mass is 16.5. The zero-order chi connectivity index (χ0) is 24.2. The maximum Gasteiger partial charge on any atom is 0.223 e. The van der Waals surface area contributed by atoms with Gasteiger partial charge < -0.3 is 29.2 Å². The second-order valence-electron chi connectivity index (χ2n) is 9.55. The summed E-state index contributed by atoms with van der Waals surface area (Å²) < 4.78 is 23.3. The van der Waals surface area contributed by atoms with Crippen LogP contribution in [0.4, 0.5) is 11.6 Å². The van der Waals surface area contributed by atoms with Crippen LogP contribution >= 0.6 is 0 Å². The zero-order valence-electron chi connectivity index (χ0n) is 20.3. The highest BCUT2D eigenvalue weighted by molar-refractivity contribution is 5.85. The van der Waals surface area contributed by atoms with Crippen LogP contribution in [0.1, 0.15) is 32.1 Å². The number of benzene rings is 1. The quantitative estimate of drug-likeness (QED) is 0.529. The Morgan fingerprint density at radius 2 is 1.61 bits per heavy atom. The van der Waals surface area contributed by atoms with Gasteiger partial charge in [0.1, 0.15) is 17.4 Å². The molecule has 0 bridgehead atoms. The van der Waals surface area contributed by atoms with Gasteiger partial charge in [-0.1, -0.05) is 0 Å². The van der Waals surface area contributed by atoms with E-state index in [-0.39, 0.29) is 12.2 Å². The molecule has 2 aromatic heterocycles. The third-order valence-corrected chi connectivity index (χ3v) is 7.02. The Morgan fingerprint density at radius 3 is 2.39 bits per heavy atom. The first-order valence-electron chi connectivity index (χ1n) is 12.9. The van der Waals surface area contributed by atoms with Crippen LogP contribution in [-0.2, 0) is 9.47 Å². The van der Waals surface area contributed by atoms with Gasteiger partial charge in [0.05, 0.1) is 50.4 Å². The Labute approximate surface area is 210 Å². The molecule has 10 nitrogen and oxygen atoms in total. The first kappa shape index (κ1) is 23.2. The molecular weight excluding hydrogens is 460 g/mol. The van der Waals surface area contributed by atoms with Gasteiger partial charge in [-0.15, -0.1) is 0 Å². The summed E-state index contributed by atoms with van der Waals surface area (Å²) in [5.41, 5.74) is 2.79. The monoisotopic (exact) mass is 492 g/mol. The van der Waals surface area contributed by atoms with E-state index in [0.29, 0.717) is 24.3 Å². The first-order valence-corrected chi connectivity index (χ1v) is 12.9. The summed E-state index contributed by atoms with van der Waals surface area (Å²) in [7, 11) is 0. The molecule has 4 heterocycles. The predicted octanol–water partition coefficient (Wildman–Crippen LogP) is 3.23. The van der Waals surface area contributed by atoms with Crippen LogP contribution in [0.15, 0.2) is 36.9 Å². The number of hydrogen-bond donors (Lipinski definition) is 1. The van der Waals surface area contributed by atoms with Crippen molar-refractivity contribution < 1.29 is 18.9 Å². The predicted molar refractivity (Wildman–Crippen MR) is 135 cm³/mol. The van der Waals surface area contributed by atoms with E-state index in [1.54, 1.807) is 24.8 Å². The van der Waals surface area contributed by atoms with Crippen molar-refractivity contribution in [1.82, 2.24) is 19.9 Å². The molecule has 1 aliphatic carbocycles. The lowest BCUT2D eigenvalue weighted by Gasteiger charge is -2.31. The molecule has 2 aliphatic heterocycles. The highest BCUT2D eigenvalue weighted by Gasteiger charge is 2.25. The van der Waals surface area contributed by atoms with E-state index in [1.807, 2.05) is 0 Å². The molecule has 6 rings (SSSR count). The van der Waals surface area contributed by atoms with Gasteiger partial charge in [0.25, 0.3) is 0 Å². The normalized spacial score (nSPS) is 24.6. The van der Waals surface area contributed by atoms with Gasteiger partial charge in [0.15, 0.2) is 5.75 Å². The minimum absolute atomic E-state index is 0.0975. The minimum Gasteiger partial charge on any atom is -0.488 e. The number of nitrogens with zero attached hydrogens (tertiary/aromatic N) is 5. The minimum atomic E-state index is 0.0975. The molecule has 3 aromatic rings. The molecule has 0 unspecified atom stereocenters. The van der Waals surface area contributed by atoms with E-state index in [4.69, 9.17) is 18.9 Å². The van der Waals surface area contributed by atoms with Gasteiger partial charge in [0, 0.05) is 49.7 Å². The molecule has 3 fully saturated rings. The van der Waals surface area contributed by atoms with Crippen LogP contribution in [0.25, 0.3) is 11.0 Å². The second kappa shape index (κ2) is 10.8. The maximum atomic E-state index is 6.53. The summed E-state index contributed by atoms with van der Waals surface area (Å²) in [6.07, 6.45) is 11.9. The molecule has 36 heavy (non-hydrogen) atoms. The van der Waals surface area contributed by atoms with Crippen molar-refractivity contribution >= 4 is 22.7 Å². The Kier molecular flexibility index (Phi) is 6.95. The van der Waals surface area contributed by atoms with Crippen molar-refractivity contribution in [3.63, 3.8) is 0 Å². The lowest BCUT2D eigenvalue weighted by Crippen LogP contribution is -2.36. The maximum absolute atomic E-state index is 6.53. The topological polar surface area (TPSA) is 104 Å². The number of fused-ring (bicyclic) bond motifs is 1. The Morgan fingerprint density at radius 1 is 0.806 bits per heavy atom. The SMILES string of the molecule is c1cnc2c(OC3CCC(Nc4ncc(O[C@@H]5CCOC5)cn4)CC3)cc(N3CCOCC3)cc2n1. The fraction of sp³-hybridized carbons (Fsp3) is 0.538. The van der Waals surface area contributed by atoms with Crippen molar-refractivity contribution in [3.05, 3.63) is 36.9 Å². The van der Waals surface area contributed by atoms with Gasteiger partial charge in [-0.2, -0.15) is 0 Å². The molecule has 1 N–H and O–H groups in total. The lowest BCUT2D eigenvalue weighted by atomic mass is 9.93. The molecule has 2 saturated heterocycles. The molecule has 0 amide bonds. The van der Waals surface area contributed by atoms with Gasteiger partial charge >= 0.3 is 0 Å². The third-order valence-electron chi connectivity index (χ3n) is 7.02. The standard InChI is InChI=1S/C26H32N6O4/c1-3-20(4-2-18(1)31-26-29-15-22(16-30-26)35-21-5-10-34-17-21)36-24-14-19(32-8-11-33-12-9-32)13-23-25(24)28-7-6-27-23/h6-7,13-16,18,20-21H,1-5,8-12,17H2,(H,29,30,31)/t18?,20?,21-/m1/s1. The highest BCUT2D eigenvalue weighted by Crippen LogP contribution is 2.33. The number of morpholine rings is 1.